The Hall–Kier alpha value is -0.570. The highest BCUT2D eigenvalue weighted by atomic mass is 16.6. The molecule has 0 bridgehead atoms. The Labute approximate surface area is 61.0 Å². The molecular weight excluding hydrogens is 132 g/mol. The largest absolute Gasteiger partial charge is 0.436 e. The van der Waals surface area contributed by atoms with Gasteiger partial charge in [0.05, 0.1) is 5.41 Å². The Morgan fingerprint density at radius 2 is 1.90 bits per heavy atom. The highest BCUT2D eigenvalue weighted by Crippen LogP contribution is 2.15. The summed E-state index contributed by atoms with van der Waals surface area (Å²) in [7, 11) is 0. The van der Waals surface area contributed by atoms with Crippen LogP contribution in [0.3, 0.4) is 0 Å². The van der Waals surface area contributed by atoms with Crippen LogP contribution in [0, 0.1) is 5.41 Å². The number of hydrogen-bond acceptors (Lipinski definition) is 3. The van der Waals surface area contributed by atoms with Crippen molar-refractivity contribution in [3.8, 4) is 0 Å². The van der Waals surface area contributed by atoms with E-state index in [0.29, 0.717) is 0 Å². The molecule has 0 aromatic heterocycles. The van der Waals surface area contributed by atoms with Crippen molar-refractivity contribution in [2.75, 3.05) is 0 Å². The first-order valence-corrected chi connectivity index (χ1v) is 3.23. The summed E-state index contributed by atoms with van der Waals surface area (Å²) in [6.45, 7) is 6.61. The molecule has 0 aliphatic heterocycles. The van der Waals surface area contributed by atoms with Crippen LogP contribution < -0.4 is 0 Å². The van der Waals surface area contributed by atoms with Gasteiger partial charge in [-0.1, -0.05) is 0 Å². The number of aliphatic hydroxyl groups excluding tert-OH is 1. The van der Waals surface area contributed by atoms with Gasteiger partial charge in [0.15, 0.2) is 6.29 Å². The van der Waals surface area contributed by atoms with Gasteiger partial charge in [-0.2, -0.15) is 0 Å². The van der Waals surface area contributed by atoms with Crippen molar-refractivity contribution < 1.29 is 14.6 Å². The first-order chi connectivity index (χ1) is 4.34. The van der Waals surface area contributed by atoms with Gasteiger partial charge in [-0.05, 0) is 27.7 Å². The smallest absolute Gasteiger partial charge is 0.313 e. The number of carbonyl (C=O) groups is 1. The number of ether oxygens (including phenoxy) is 1. The summed E-state index contributed by atoms with van der Waals surface area (Å²) >= 11 is 0. The fourth-order valence-corrected chi connectivity index (χ4v) is 0.332. The zero-order valence-corrected chi connectivity index (χ0v) is 6.84. The predicted molar refractivity (Wildman–Crippen MR) is 37.2 cm³/mol. The molecule has 0 saturated heterocycles. The van der Waals surface area contributed by atoms with E-state index in [4.69, 9.17) is 5.11 Å². The SMILES string of the molecule is CC(O)OC(=O)C(C)(C)C. The van der Waals surface area contributed by atoms with Gasteiger partial charge in [-0.15, -0.1) is 0 Å². The molecule has 1 atom stereocenters. The molecule has 0 aliphatic carbocycles. The van der Waals surface area contributed by atoms with E-state index in [-0.39, 0.29) is 5.97 Å². The molecule has 60 valence electrons. The molecule has 0 aromatic carbocycles. The van der Waals surface area contributed by atoms with Crippen LogP contribution in [0.15, 0.2) is 0 Å². The van der Waals surface area contributed by atoms with Crippen molar-refractivity contribution in [2.24, 2.45) is 5.41 Å². The number of aliphatic hydroxyl groups is 1. The molecule has 0 rings (SSSR count). The van der Waals surface area contributed by atoms with Crippen LogP contribution in [0.25, 0.3) is 0 Å². The third kappa shape index (κ3) is 3.45. The topological polar surface area (TPSA) is 46.5 Å². The quantitative estimate of drug-likeness (QED) is 0.442. The van der Waals surface area contributed by atoms with Crippen LogP contribution >= 0.6 is 0 Å². The second-order valence-corrected chi connectivity index (χ2v) is 3.25. The van der Waals surface area contributed by atoms with Gasteiger partial charge in [0.25, 0.3) is 0 Å². The summed E-state index contributed by atoms with van der Waals surface area (Å²) in [5, 5.41) is 8.64. The maximum atomic E-state index is 10.9. The van der Waals surface area contributed by atoms with Crippen molar-refractivity contribution in [1.82, 2.24) is 0 Å². The van der Waals surface area contributed by atoms with Crippen LogP contribution in [0.5, 0.6) is 0 Å². The Kier molecular flexibility index (Phi) is 2.84. The van der Waals surface area contributed by atoms with Gasteiger partial charge in [0.2, 0.25) is 0 Å². The van der Waals surface area contributed by atoms with Gasteiger partial charge in [0, 0.05) is 0 Å². The molecule has 3 nitrogen and oxygen atoms in total. The van der Waals surface area contributed by atoms with Crippen LogP contribution in [-0.4, -0.2) is 17.4 Å². The van der Waals surface area contributed by atoms with Crippen molar-refractivity contribution in [3.63, 3.8) is 0 Å². The van der Waals surface area contributed by atoms with Crippen molar-refractivity contribution >= 4 is 5.97 Å². The molecule has 0 amide bonds. The lowest BCUT2D eigenvalue weighted by atomic mass is 9.97. The van der Waals surface area contributed by atoms with Crippen molar-refractivity contribution in [3.05, 3.63) is 0 Å². The normalized spacial score (nSPS) is 14.5. The fraction of sp³-hybridized carbons (Fsp3) is 0.857. The summed E-state index contributed by atoms with van der Waals surface area (Å²) in [4.78, 5) is 10.9. The summed E-state index contributed by atoms with van der Waals surface area (Å²) in [6.07, 6.45) is -1.01. The van der Waals surface area contributed by atoms with E-state index in [1.807, 2.05) is 0 Å². The molecule has 0 aromatic rings. The van der Waals surface area contributed by atoms with Crippen LogP contribution in [-0.2, 0) is 9.53 Å². The molecule has 3 heteroatoms. The monoisotopic (exact) mass is 146 g/mol. The number of rotatable bonds is 1. The Balaban J connectivity index is 3.87. The molecule has 10 heavy (non-hydrogen) atoms. The van der Waals surface area contributed by atoms with Gasteiger partial charge in [-0.25, -0.2) is 0 Å². The van der Waals surface area contributed by atoms with E-state index in [2.05, 4.69) is 4.74 Å². The summed E-state index contributed by atoms with van der Waals surface area (Å²) < 4.78 is 4.53. The predicted octanol–water partition coefficient (Wildman–Crippen LogP) is 0.914. The molecule has 1 N–H and O–H groups in total. The molecule has 0 heterocycles. The first kappa shape index (κ1) is 9.43. The van der Waals surface area contributed by atoms with E-state index < -0.39 is 11.7 Å². The third-order valence-electron chi connectivity index (χ3n) is 0.890. The zero-order chi connectivity index (χ0) is 8.36. The highest BCUT2D eigenvalue weighted by Gasteiger charge is 2.23. The maximum absolute atomic E-state index is 10.9. The second-order valence-electron chi connectivity index (χ2n) is 3.25. The molecule has 0 radical (unpaired) electrons. The number of carbonyl (C=O) groups excluding carboxylic acids is 1. The minimum Gasteiger partial charge on any atom is -0.436 e. The van der Waals surface area contributed by atoms with Crippen molar-refractivity contribution in [1.29, 1.82) is 0 Å². The average molecular weight is 146 g/mol. The fourth-order valence-electron chi connectivity index (χ4n) is 0.332. The summed E-state index contributed by atoms with van der Waals surface area (Å²) in [5.74, 6) is -0.387. The summed E-state index contributed by atoms with van der Waals surface area (Å²) in [5.41, 5.74) is -0.531. The Morgan fingerprint density at radius 3 is 2.00 bits per heavy atom. The third-order valence-corrected chi connectivity index (χ3v) is 0.890. The molecule has 0 saturated carbocycles. The van der Waals surface area contributed by atoms with Gasteiger partial charge in [0.1, 0.15) is 0 Å². The minimum absolute atomic E-state index is 0.387. The number of esters is 1. The Bertz CT molecular complexity index is 121. The van der Waals surface area contributed by atoms with E-state index in [0.717, 1.165) is 0 Å². The van der Waals surface area contributed by atoms with Gasteiger partial charge >= 0.3 is 5.97 Å². The Morgan fingerprint density at radius 1 is 1.50 bits per heavy atom. The first-order valence-electron chi connectivity index (χ1n) is 3.23. The molecule has 1 unspecified atom stereocenters. The van der Waals surface area contributed by atoms with E-state index in [1.54, 1.807) is 20.8 Å². The van der Waals surface area contributed by atoms with E-state index in [9.17, 15) is 4.79 Å². The van der Waals surface area contributed by atoms with Crippen LogP contribution in [0.1, 0.15) is 27.7 Å². The summed E-state index contributed by atoms with van der Waals surface area (Å²) in [6, 6.07) is 0. The minimum atomic E-state index is -1.01. The van der Waals surface area contributed by atoms with Gasteiger partial charge in [-0.3, -0.25) is 4.79 Å². The van der Waals surface area contributed by atoms with Crippen molar-refractivity contribution in [2.45, 2.75) is 34.0 Å². The number of hydrogen-bond donors (Lipinski definition) is 1. The standard InChI is InChI=1S/C7H14O3/c1-5(8)10-6(9)7(2,3)4/h5,8H,1-4H3. The molecule has 0 spiro atoms. The molecule has 0 aliphatic rings. The van der Waals surface area contributed by atoms with E-state index >= 15 is 0 Å². The zero-order valence-electron chi connectivity index (χ0n) is 6.84. The van der Waals surface area contributed by atoms with Crippen LogP contribution in [0.4, 0.5) is 0 Å². The molecule has 0 fully saturated rings. The molecular formula is C7H14O3. The van der Waals surface area contributed by atoms with Crippen LogP contribution in [0.2, 0.25) is 0 Å². The lowest BCUT2D eigenvalue weighted by Crippen LogP contribution is -2.26. The lowest BCUT2D eigenvalue weighted by molar-refractivity contribution is -0.174. The van der Waals surface area contributed by atoms with Gasteiger partial charge < -0.3 is 9.84 Å². The highest BCUT2D eigenvalue weighted by molar-refractivity contribution is 5.75. The van der Waals surface area contributed by atoms with E-state index in [1.165, 1.54) is 6.92 Å². The maximum Gasteiger partial charge on any atom is 0.313 e. The average Bonchev–Trinajstić information content (AvgIpc) is 1.60. The lowest BCUT2D eigenvalue weighted by Gasteiger charge is -2.17. The second kappa shape index (κ2) is 3.01.